The van der Waals surface area contributed by atoms with Gasteiger partial charge < -0.3 is 15.7 Å². The highest BCUT2D eigenvalue weighted by atomic mass is 32.2. The highest BCUT2D eigenvalue weighted by Gasteiger charge is 2.71. The second-order valence-corrected chi connectivity index (χ2v) is 8.53. The molecule has 3 atom stereocenters. The number of carbonyl (C=O) groups excluding carboxylic acids is 1. The standard InChI is InChI=1S/C14H22N2O3S/c1-13(2)9(10(17)18)16-11(19)14(15,12(16)20-13)8-6-4-3-5-7-8/h8-9,12H,3-7,15H2,1-2H3,(H,17,18)/t9-,12+,14?/m0/s1. The van der Waals surface area contributed by atoms with Crippen molar-refractivity contribution in [3.05, 3.63) is 0 Å². The van der Waals surface area contributed by atoms with Gasteiger partial charge in [-0.1, -0.05) is 19.3 Å². The molecule has 2 aliphatic heterocycles. The minimum atomic E-state index is -0.927. The third kappa shape index (κ3) is 1.67. The SMILES string of the molecule is CC1(C)S[C@H]2N(C(=O)C2(N)C2CCCCC2)[C@H]1C(=O)O. The minimum Gasteiger partial charge on any atom is -0.480 e. The summed E-state index contributed by atoms with van der Waals surface area (Å²) in [6, 6.07) is -0.759. The molecule has 0 aromatic rings. The third-order valence-corrected chi connectivity index (χ3v) is 6.80. The predicted octanol–water partition coefficient (Wildman–Crippen LogP) is 1.41. The van der Waals surface area contributed by atoms with Crippen molar-refractivity contribution in [2.75, 3.05) is 0 Å². The predicted molar refractivity (Wildman–Crippen MR) is 77.2 cm³/mol. The summed E-state index contributed by atoms with van der Waals surface area (Å²) in [5.41, 5.74) is 5.64. The number of carboxylic acid groups (broad SMARTS) is 1. The molecule has 1 amide bonds. The minimum absolute atomic E-state index is 0.153. The highest BCUT2D eigenvalue weighted by molar-refractivity contribution is 8.01. The number of hydrogen-bond acceptors (Lipinski definition) is 4. The smallest absolute Gasteiger partial charge is 0.327 e. The molecule has 0 radical (unpaired) electrons. The van der Waals surface area contributed by atoms with Crippen molar-refractivity contribution in [1.82, 2.24) is 4.90 Å². The summed E-state index contributed by atoms with van der Waals surface area (Å²) in [6.45, 7) is 3.78. The van der Waals surface area contributed by atoms with Crippen LogP contribution in [0.3, 0.4) is 0 Å². The van der Waals surface area contributed by atoms with Gasteiger partial charge in [-0.05, 0) is 32.6 Å². The molecule has 1 unspecified atom stereocenters. The van der Waals surface area contributed by atoms with Gasteiger partial charge in [0.1, 0.15) is 17.0 Å². The number of carbonyl (C=O) groups is 2. The lowest BCUT2D eigenvalue weighted by Gasteiger charge is -2.55. The van der Waals surface area contributed by atoms with E-state index in [-0.39, 0.29) is 17.2 Å². The van der Waals surface area contributed by atoms with Crippen molar-refractivity contribution in [2.45, 2.75) is 67.7 Å². The van der Waals surface area contributed by atoms with E-state index in [2.05, 4.69) is 0 Å². The van der Waals surface area contributed by atoms with Crippen molar-refractivity contribution < 1.29 is 14.7 Å². The van der Waals surface area contributed by atoms with Crippen LogP contribution in [-0.2, 0) is 9.59 Å². The molecule has 112 valence electrons. The highest BCUT2D eigenvalue weighted by Crippen LogP contribution is 2.57. The molecule has 2 saturated heterocycles. The molecule has 1 aliphatic carbocycles. The Labute approximate surface area is 123 Å². The van der Waals surface area contributed by atoms with Crippen LogP contribution in [0.1, 0.15) is 46.0 Å². The van der Waals surface area contributed by atoms with Crippen molar-refractivity contribution in [1.29, 1.82) is 0 Å². The quantitative estimate of drug-likeness (QED) is 0.753. The van der Waals surface area contributed by atoms with E-state index in [0.29, 0.717) is 0 Å². The number of carboxylic acids is 1. The van der Waals surface area contributed by atoms with Gasteiger partial charge in [0, 0.05) is 4.75 Å². The summed E-state index contributed by atoms with van der Waals surface area (Å²) in [5.74, 6) is -0.871. The average Bonchev–Trinajstić information content (AvgIpc) is 2.68. The van der Waals surface area contributed by atoms with E-state index in [1.165, 1.54) is 11.3 Å². The summed E-state index contributed by atoms with van der Waals surface area (Å²) in [5, 5.41) is 9.25. The number of amides is 1. The molecule has 3 fully saturated rings. The molecule has 3 aliphatic rings. The van der Waals surface area contributed by atoms with Crippen LogP contribution in [0, 0.1) is 5.92 Å². The Bertz CT molecular complexity index is 461. The van der Waals surface area contributed by atoms with Crippen LogP contribution in [0.2, 0.25) is 0 Å². The van der Waals surface area contributed by atoms with Crippen LogP contribution < -0.4 is 5.73 Å². The summed E-state index contributed by atoms with van der Waals surface area (Å²) in [7, 11) is 0. The monoisotopic (exact) mass is 298 g/mol. The number of hydrogen-bond donors (Lipinski definition) is 2. The van der Waals surface area contributed by atoms with E-state index in [1.807, 2.05) is 13.8 Å². The van der Waals surface area contributed by atoms with E-state index in [1.54, 1.807) is 11.8 Å². The van der Waals surface area contributed by atoms with Gasteiger partial charge in [-0.25, -0.2) is 4.79 Å². The van der Waals surface area contributed by atoms with Crippen molar-refractivity contribution in [3.63, 3.8) is 0 Å². The van der Waals surface area contributed by atoms with Gasteiger partial charge in [0.25, 0.3) is 0 Å². The lowest BCUT2D eigenvalue weighted by atomic mass is 9.69. The third-order valence-electron chi connectivity index (χ3n) is 5.13. The second kappa shape index (κ2) is 4.37. The van der Waals surface area contributed by atoms with Gasteiger partial charge in [0.05, 0.1) is 0 Å². The van der Waals surface area contributed by atoms with Gasteiger partial charge in [0.2, 0.25) is 5.91 Å². The van der Waals surface area contributed by atoms with Gasteiger partial charge in [-0.3, -0.25) is 4.79 Å². The van der Waals surface area contributed by atoms with Crippen molar-refractivity contribution in [2.24, 2.45) is 11.7 Å². The molecule has 0 aromatic heterocycles. The van der Waals surface area contributed by atoms with Crippen molar-refractivity contribution in [3.8, 4) is 0 Å². The van der Waals surface area contributed by atoms with Gasteiger partial charge in [0.15, 0.2) is 0 Å². The fourth-order valence-corrected chi connectivity index (χ4v) is 5.80. The number of fused-ring (bicyclic) bond motifs is 1. The van der Waals surface area contributed by atoms with Gasteiger partial charge in [-0.2, -0.15) is 0 Å². The second-order valence-electron chi connectivity index (χ2n) is 6.79. The van der Waals surface area contributed by atoms with E-state index < -0.39 is 22.3 Å². The first-order valence-electron chi connectivity index (χ1n) is 7.32. The van der Waals surface area contributed by atoms with Crippen LogP contribution in [0.15, 0.2) is 0 Å². The van der Waals surface area contributed by atoms with Crippen LogP contribution in [0.5, 0.6) is 0 Å². The zero-order valence-corrected chi connectivity index (χ0v) is 12.8. The fraction of sp³-hybridized carbons (Fsp3) is 0.857. The summed E-state index contributed by atoms with van der Waals surface area (Å²) in [4.78, 5) is 25.6. The van der Waals surface area contributed by atoms with E-state index in [4.69, 9.17) is 5.73 Å². The Morgan fingerprint density at radius 2 is 1.95 bits per heavy atom. The maximum Gasteiger partial charge on any atom is 0.327 e. The molecule has 1 saturated carbocycles. The Kier molecular flexibility index (Phi) is 3.10. The lowest BCUT2D eigenvalue weighted by Crippen LogP contribution is -2.80. The summed E-state index contributed by atoms with van der Waals surface area (Å²) >= 11 is 1.56. The molecule has 3 rings (SSSR count). The first kappa shape index (κ1) is 14.2. The Balaban J connectivity index is 1.89. The maximum atomic E-state index is 12.6. The molecule has 0 aromatic carbocycles. The Morgan fingerprint density at radius 1 is 1.35 bits per heavy atom. The molecule has 0 spiro atoms. The summed E-state index contributed by atoms with van der Waals surface area (Å²) < 4.78 is -0.484. The van der Waals surface area contributed by atoms with Crippen molar-refractivity contribution >= 4 is 23.6 Å². The largest absolute Gasteiger partial charge is 0.480 e. The number of aliphatic carboxylic acids is 1. The number of rotatable bonds is 2. The van der Waals surface area contributed by atoms with E-state index in [9.17, 15) is 14.7 Å². The number of nitrogens with two attached hydrogens (primary N) is 1. The van der Waals surface area contributed by atoms with E-state index in [0.717, 1.165) is 25.7 Å². The van der Waals surface area contributed by atoms with Crippen LogP contribution >= 0.6 is 11.8 Å². The topological polar surface area (TPSA) is 83.6 Å². The molecule has 5 nitrogen and oxygen atoms in total. The van der Waals surface area contributed by atoms with Crippen LogP contribution in [0.25, 0.3) is 0 Å². The summed E-state index contributed by atoms with van der Waals surface area (Å²) in [6.07, 6.45) is 5.45. The Morgan fingerprint density at radius 3 is 2.50 bits per heavy atom. The first-order chi connectivity index (χ1) is 9.30. The lowest BCUT2D eigenvalue weighted by molar-refractivity contribution is -0.169. The molecule has 20 heavy (non-hydrogen) atoms. The maximum absolute atomic E-state index is 12.6. The van der Waals surface area contributed by atoms with Crippen LogP contribution in [-0.4, -0.2) is 43.6 Å². The molecule has 3 N–H and O–H groups in total. The average molecular weight is 298 g/mol. The molecule has 2 heterocycles. The van der Waals surface area contributed by atoms with Crippen LogP contribution in [0.4, 0.5) is 0 Å². The zero-order chi connectivity index (χ0) is 14.7. The molecule has 0 bridgehead atoms. The number of nitrogens with zero attached hydrogens (tertiary/aromatic N) is 1. The zero-order valence-electron chi connectivity index (χ0n) is 12.0. The first-order valence-corrected chi connectivity index (χ1v) is 8.20. The Hall–Kier alpha value is -0.750. The molecule has 6 heteroatoms. The van der Waals surface area contributed by atoms with Gasteiger partial charge in [-0.15, -0.1) is 11.8 Å². The fourth-order valence-electron chi connectivity index (χ4n) is 4.07. The molecular weight excluding hydrogens is 276 g/mol. The normalized spacial score (nSPS) is 40.4. The number of β-lactam (4-membered cyclic amide) rings is 1. The number of thioether (sulfide) groups is 1. The molecular formula is C14H22N2O3S. The van der Waals surface area contributed by atoms with Gasteiger partial charge >= 0.3 is 5.97 Å². The van der Waals surface area contributed by atoms with E-state index >= 15 is 0 Å².